The van der Waals surface area contributed by atoms with Gasteiger partial charge in [0.2, 0.25) is 5.88 Å². The molecule has 2 heterocycles. The molecule has 0 aliphatic rings. The van der Waals surface area contributed by atoms with Crippen molar-refractivity contribution in [2.24, 2.45) is 0 Å². The lowest BCUT2D eigenvalue weighted by Gasteiger charge is -2.06. The Hall–Kier alpha value is -3.69. The maximum atomic E-state index is 12.1. The smallest absolute Gasteiger partial charge is 0.328 e. The molecule has 0 radical (unpaired) electrons. The third-order valence-corrected chi connectivity index (χ3v) is 2.98. The Labute approximate surface area is 127 Å². The summed E-state index contributed by atoms with van der Waals surface area (Å²) in [5.41, 5.74) is -0.840. The van der Waals surface area contributed by atoms with Crippen LogP contribution in [0.5, 0.6) is 5.88 Å². The first kappa shape index (κ1) is 14.3. The van der Waals surface area contributed by atoms with Gasteiger partial charge in [0.15, 0.2) is 5.56 Å². The molecule has 0 aliphatic heterocycles. The standard InChI is InChI=1S/C13H10N6O4/c20-10(9-11(21)16-13(23)17-12(9)22)15-7-3-1-2-6(4-7)8-5-14-19-18-8/h1-5H,(H,15,20)(H,14,18,19)(H3,16,17,21,22,23). The highest BCUT2D eigenvalue weighted by Crippen LogP contribution is 2.20. The second kappa shape index (κ2) is 5.60. The molecule has 3 rings (SSSR count). The summed E-state index contributed by atoms with van der Waals surface area (Å²) in [6, 6.07) is 6.65. The van der Waals surface area contributed by atoms with Gasteiger partial charge in [-0.3, -0.25) is 19.6 Å². The number of amides is 1. The second-order valence-electron chi connectivity index (χ2n) is 4.52. The molecule has 0 bridgehead atoms. The first-order valence-corrected chi connectivity index (χ1v) is 6.38. The monoisotopic (exact) mass is 314 g/mol. The molecule has 5 N–H and O–H groups in total. The van der Waals surface area contributed by atoms with E-state index in [2.05, 4.69) is 20.7 Å². The lowest BCUT2D eigenvalue weighted by Crippen LogP contribution is -2.30. The van der Waals surface area contributed by atoms with Crippen molar-refractivity contribution in [1.82, 2.24) is 25.4 Å². The van der Waals surface area contributed by atoms with Crippen LogP contribution in [0.4, 0.5) is 5.69 Å². The van der Waals surface area contributed by atoms with Gasteiger partial charge in [-0.25, -0.2) is 4.79 Å². The number of nitrogens with zero attached hydrogens (tertiary/aromatic N) is 2. The van der Waals surface area contributed by atoms with Crippen molar-refractivity contribution in [1.29, 1.82) is 0 Å². The molecule has 0 atom stereocenters. The highest BCUT2D eigenvalue weighted by molar-refractivity contribution is 6.05. The van der Waals surface area contributed by atoms with Crippen LogP contribution < -0.4 is 16.6 Å². The van der Waals surface area contributed by atoms with E-state index in [4.69, 9.17) is 0 Å². The third-order valence-electron chi connectivity index (χ3n) is 2.98. The molecule has 116 valence electrons. The van der Waals surface area contributed by atoms with Gasteiger partial charge < -0.3 is 10.4 Å². The fraction of sp³-hybridized carbons (Fsp3) is 0. The maximum Gasteiger partial charge on any atom is 0.328 e. The number of nitrogens with one attached hydrogen (secondary N) is 4. The van der Waals surface area contributed by atoms with Crippen LogP contribution in [0.3, 0.4) is 0 Å². The molecule has 10 nitrogen and oxygen atoms in total. The summed E-state index contributed by atoms with van der Waals surface area (Å²) in [7, 11) is 0. The lowest BCUT2D eigenvalue weighted by atomic mass is 10.1. The highest BCUT2D eigenvalue weighted by Gasteiger charge is 2.17. The molecular weight excluding hydrogens is 304 g/mol. The topological polar surface area (TPSA) is 157 Å². The SMILES string of the molecule is O=C(Nc1cccc(-c2cn[nH]n2)c1)c1c(O)[nH]c(=O)[nH]c1=O. The second-order valence-corrected chi connectivity index (χ2v) is 4.52. The summed E-state index contributed by atoms with van der Waals surface area (Å²) < 4.78 is 0. The summed E-state index contributed by atoms with van der Waals surface area (Å²) >= 11 is 0. The fourth-order valence-corrected chi connectivity index (χ4v) is 1.98. The third kappa shape index (κ3) is 2.85. The molecule has 0 saturated heterocycles. The van der Waals surface area contributed by atoms with Crippen LogP contribution in [0.2, 0.25) is 0 Å². The number of carbonyl (C=O) groups excluding carboxylic acids is 1. The van der Waals surface area contributed by atoms with Crippen LogP contribution in [0.1, 0.15) is 10.4 Å². The molecule has 0 unspecified atom stereocenters. The zero-order chi connectivity index (χ0) is 16.4. The van der Waals surface area contributed by atoms with Gasteiger partial charge in [-0.05, 0) is 12.1 Å². The Bertz CT molecular complexity index is 973. The van der Waals surface area contributed by atoms with Crippen LogP contribution in [0, 0.1) is 0 Å². The quantitative estimate of drug-likeness (QED) is 0.451. The van der Waals surface area contributed by atoms with Crippen LogP contribution in [0.15, 0.2) is 40.1 Å². The van der Waals surface area contributed by atoms with E-state index in [1.165, 1.54) is 6.20 Å². The van der Waals surface area contributed by atoms with Crippen molar-refractivity contribution < 1.29 is 9.90 Å². The number of aromatic nitrogens is 5. The van der Waals surface area contributed by atoms with E-state index in [0.29, 0.717) is 16.9 Å². The van der Waals surface area contributed by atoms with Crippen molar-refractivity contribution in [3.8, 4) is 17.1 Å². The zero-order valence-electron chi connectivity index (χ0n) is 11.5. The highest BCUT2D eigenvalue weighted by atomic mass is 16.3. The minimum absolute atomic E-state index is 0.375. The van der Waals surface area contributed by atoms with Crippen LogP contribution in [-0.4, -0.2) is 36.4 Å². The molecule has 0 spiro atoms. The first-order valence-electron chi connectivity index (χ1n) is 6.38. The van der Waals surface area contributed by atoms with E-state index >= 15 is 0 Å². The number of hydrogen-bond donors (Lipinski definition) is 5. The molecule has 2 aromatic heterocycles. The van der Waals surface area contributed by atoms with E-state index in [1.54, 1.807) is 24.3 Å². The lowest BCUT2D eigenvalue weighted by molar-refractivity contribution is 0.102. The van der Waals surface area contributed by atoms with E-state index in [0.717, 1.165) is 0 Å². The predicted molar refractivity (Wildman–Crippen MR) is 79.1 cm³/mol. The minimum Gasteiger partial charge on any atom is -0.494 e. The predicted octanol–water partition coefficient (Wildman–Crippen LogP) is -0.194. The van der Waals surface area contributed by atoms with Gasteiger partial charge >= 0.3 is 5.69 Å². The molecule has 23 heavy (non-hydrogen) atoms. The van der Waals surface area contributed by atoms with E-state index in [9.17, 15) is 19.5 Å². The fourth-order valence-electron chi connectivity index (χ4n) is 1.98. The van der Waals surface area contributed by atoms with Gasteiger partial charge in [0, 0.05) is 11.3 Å². The molecule has 0 fully saturated rings. The molecule has 0 aliphatic carbocycles. The molecule has 1 amide bonds. The summed E-state index contributed by atoms with van der Waals surface area (Å²) in [5.74, 6) is -1.67. The number of benzene rings is 1. The van der Waals surface area contributed by atoms with E-state index in [-0.39, 0.29) is 0 Å². The van der Waals surface area contributed by atoms with Gasteiger partial charge in [-0.15, -0.1) is 0 Å². The number of aromatic amines is 3. The number of anilines is 1. The van der Waals surface area contributed by atoms with Crippen LogP contribution >= 0.6 is 0 Å². The summed E-state index contributed by atoms with van der Waals surface area (Å²) in [6.07, 6.45) is 1.51. The van der Waals surface area contributed by atoms with Crippen molar-refractivity contribution in [2.75, 3.05) is 5.32 Å². The average molecular weight is 314 g/mol. The van der Waals surface area contributed by atoms with Gasteiger partial charge in [-0.1, -0.05) is 12.1 Å². The number of hydrogen-bond acceptors (Lipinski definition) is 6. The Morgan fingerprint density at radius 1 is 1.22 bits per heavy atom. The van der Waals surface area contributed by atoms with Gasteiger partial charge in [-0.2, -0.15) is 15.4 Å². The van der Waals surface area contributed by atoms with E-state index in [1.807, 2.05) is 9.97 Å². The van der Waals surface area contributed by atoms with Crippen molar-refractivity contribution >= 4 is 11.6 Å². The van der Waals surface area contributed by atoms with E-state index < -0.39 is 28.6 Å². The first-order chi connectivity index (χ1) is 11.0. The molecule has 1 aromatic carbocycles. The number of aromatic hydroxyl groups is 1. The Balaban J connectivity index is 1.91. The number of H-pyrrole nitrogens is 3. The molecule has 3 aromatic rings. The Morgan fingerprint density at radius 3 is 2.74 bits per heavy atom. The van der Waals surface area contributed by atoms with Crippen molar-refractivity contribution in [3.63, 3.8) is 0 Å². The normalized spacial score (nSPS) is 10.4. The molecule has 0 saturated carbocycles. The summed E-state index contributed by atoms with van der Waals surface area (Å²) in [5, 5.41) is 22.1. The molecule has 10 heteroatoms. The van der Waals surface area contributed by atoms with Gasteiger partial charge in [0.05, 0.1) is 6.20 Å². The van der Waals surface area contributed by atoms with Crippen LogP contribution in [-0.2, 0) is 0 Å². The minimum atomic E-state index is -0.989. The Morgan fingerprint density at radius 2 is 2.04 bits per heavy atom. The maximum absolute atomic E-state index is 12.1. The number of rotatable bonds is 3. The summed E-state index contributed by atoms with van der Waals surface area (Å²) in [6.45, 7) is 0. The zero-order valence-corrected chi connectivity index (χ0v) is 11.5. The van der Waals surface area contributed by atoms with Crippen molar-refractivity contribution in [3.05, 3.63) is 56.9 Å². The summed E-state index contributed by atoms with van der Waals surface area (Å²) in [4.78, 5) is 38.6. The molecular formula is C13H10N6O4. The van der Waals surface area contributed by atoms with Gasteiger partial charge in [0.1, 0.15) is 5.69 Å². The average Bonchev–Trinajstić information content (AvgIpc) is 3.00. The Kier molecular flexibility index (Phi) is 3.47. The largest absolute Gasteiger partial charge is 0.494 e. The van der Waals surface area contributed by atoms with Crippen LogP contribution in [0.25, 0.3) is 11.3 Å². The van der Waals surface area contributed by atoms with Gasteiger partial charge in [0.25, 0.3) is 11.5 Å². The number of carbonyl (C=O) groups is 1. The van der Waals surface area contributed by atoms with Crippen molar-refractivity contribution in [2.45, 2.75) is 0 Å².